The molecule has 20 heavy (non-hydrogen) atoms. The molecule has 0 nitrogen and oxygen atoms in total. The van der Waals surface area contributed by atoms with Crippen LogP contribution < -0.4 is 0 Å². The molecule has 3 rings (SSSR count). The van der Waals surface area contributed by atoms with E-state index in [0.29, 0.717) is 5.92 Å². The second-order valence-corrected chi connectivity index (χ2v) is 5.28. The minimum Gasteiger partial charge on any atom is -0.0807 e. The Balaban J connectivity index is 0.000000704. The highest BCUT2D eigenvalue weighted by atomic mass is 14.2. The van der Waals surface area contributed by atoms with Crippen LogP contribution in [0.25, 0.3) is 17.2 Å². The van der Waals surface area contributed by atoms with Crippen LogP contribution in [0.1, 0.15) is 37.5 Å². The van der Waals surface area contributed by atoms with Crippen molar-refractivity contribution in [1.29, 1.82) is 0 Å². The summed E-state index contributed by atoms with van der Waals surface area (Å²) in [5.74, 6) is 0.658. The van der Waals surface area contributed by atoms with Crippen molar-refractivity contribution in [2.75, 3.05) is 0 Å². The number of rotatable bonds is 1. The number of aryl methyl sites for hydroxylation is 1. The molecule has 0 N–H and O–H groups in total. The summed E-state index contributed by atoms with van der Waals surface area (Å²) in [4.78, 5) is 0. The van der Waals surface area contributed by atoms with Gasteiger partial charge in [0.1, 0.15) is 0 Å². The Labute approximate surface area is 123 Å². The van der Waals surface area contributed by atoms with Crippen LogP contribution in [-0.2, 0) is 6.42 Å². The molecular formula is C20H24. The lowest BCUT2D eigenvalue weighted by molar-refractivity contribution is 0.717. The summed E-state index contributed by atoms with van der Waals surface area (Å²) in [6.07, 6.45) is 5.77. The van der Waals surface area contributed by atoms with Gasteiger partial charge in [0.15, 0.2) is 0 Å². The average Bonchev–Trinajstić information content (AvgIpc) is 2.49. The zero-order valence-electron chi connectivity index (χ0n) is 13.0. The van der Waals surface area contributed by atoms with E-state index < -0.39 is 0 Å². The molecular weight excluding hydrogens is 240 g/mol. The van der Waals surface area contributed by atoms with Crippen molar-refractivity contribution >= 4 is 6.08 Å². The molecule has 1 unspecified atom stereocenters. The molecule has 0 bridgehead atoms. The molecule has 1 atom stereocenters. The maximum absolute atomic E-state index is 2.32. The molecule has 0 spiro atoms. The standard InChI is InChI=1S/C18H18.C2H6/c1-13-6-9-15(10-7-13)17-5-3-4-16-12-14(2)8-11-18(16)17;1-2/h3-11,14H,12H2,1-2H3;1-2H3. The fraction of sp³-hybridized carbons (Fsp3) is 0.300. The van der Waals surface area contributed by atoms with Crippen LogP contribution in [0.4, 0.5) is 0 Å². The molecule has 104 valence electrons. The summed E-state index contributed by atoms with van der Waals surface area (Å²) in [6, 6.07) is 15.5. The van der Waals surface area contributed by atoms with Gasteiger partial charge >= 0.3 is 0 Å². The zero-order chi connectivity index (χ0) is 14.5. The molecule has 1 aliphatic carbocycles. The van der Waals surface area contributed by atoms with E-state index in [9.17, 15) is 0 Å². The number of hydrogen-bond acceptors (Lipinski definition) is 0. The number of benzene rings is 2. The highest BCUT2D eigenvalue weighted by molar-refractivity contribution is 5.78. The molecule has 2 aromatic rings. The van der Waals surface area contributed by atoms with E-state index in [4.69, 9.17) is 0 Å². The molecule has 0 aromatic heterocycles. The van der Waals surface area contributed by atoms with Gasteiger partial charge in [-0.25, -0.2) is 0 Å². The van der Waals surface area contributed by atoms with Crippen LogP contribution in [0.3, 0.4) is 0 Å². The van der Waals surface area contributed by atoms with Crippen molar-refractivity contribution in [3.8, 4) is 11.1 Å². The average molecular weight is 264 g/mol. The zero-order valence-corrected chi connectivity index (χ0v) is 13.0. The fourth-order valence-electron chi connectivity index (χ4n) is 2.65. The minimum absolute atomic E-state index is 0.658. The Morgan fingerprint density at radius 1 is 0.950 bits per heavy atom. The van der Waals surface area contributed by atoms with Crippen molar-refractivity contribution in [3.63, 3.8) is 0 Å². The highest BCUT2D eigenvalue weighted by Crippen LogP contribution is 2.32. The Morgan fingerprint density at radius 3 is 2.35 bits per heavy atom. The SMILES string of the molecule is CC.Cc1ccc(-c2cccc3c2C=CC(C)C3)cc1. The summed E-state index contributed by atoms with van der Waals surface area (Å²) < 4.78 is 0. The van der Waals surface area contributed by atoms with Gasteiger partial charge in [-0.1, -0.05) is 81.0 Å². The molecule has 0 fully saturated rings. The molecule has 0 amide bonds. The largest absolute Gasteiger partial charge is 0.0807 e. The van der Waals surface area contributed by atoms with Crippen molar-refractivity contribution in [2.24, 2.45) is 5.92 Å². The Morgan fingerprint density at radius 2 is 1.65 bits per heavy atom. The first-order chi connectivity index (χ1) is 9.74. The van der Waals surface area contributed by atoms with Gasteiger partial charge in [0, 0.05) is 0 Å². The Bertz CT molecular complexity index is 588. The second kappa shape index (κ2) is 6.56. The lowest BCUT2D eigenvalue weighted by Gasteiger charge is -2.19. The fourth-order valence-corrected chi connectivity index (χ4v) is 2.65. The first kappa shape index (κ1) is 14.6. The van der Waals surface area contributed by atoms with Gasteiger partial charge < -0.3 is 0 Å². The van der Waals surface area contributed by atoms with Gasteiger partial charge in [0.2, 0.25) is 0 Å². The van der Waals surface area contributed by atoms with Crippen LogP contribution in [0.15, 0.2) is 48.5 Å². The Kier molecular flexibility index (Phi) is 4.79. The monoisotopic (exact) mass is 264 g/mol. The van der Waals surface area contributed by atoms with E-state index in [2.05, 4.69) is 68.5 Å². The van der Waals surface area contributed by atoms with Crippen LogP contribution in [0.5, 0.6) is 0 Å². The predicted molar refractivity (Wildman–Crippen MR) is 89.9 cm³/mol. The lowest BCUT2D eigenvalue weighted by Crippen LogP contribution is -2.04. The van der Waals surface area contributed by atoms with E-state index in [-0.39, 0.29) is 0 Å². The van der Waals surface area contributed by atoms with Crippen molar-refractivity contribution in [1.82, 2.24) is 0 Å². The summed E-state index contributed by atoms with van der Waals surface area (Å²) in [5, 5.41) is 0. The summed E-state index contributed by atoms with van der Waals surface area (Å²) in [7, 11) is 0. The highest BCUT2D eigenvalue weighted by Gasteiger charge is 2.13. The van der Waals surface area contributed by atoms with Gasteiger partial charge in [0.25, 0.3) is 0 Å². The Hall–Kier alpha value is -1.82. The summed E-state index contributed by atoms with van der Waals surface area (Å²) in [6.45, 7) is 8.41. The third kappa shape index (κ3) is 3.01. The molecule has 0 saturated carbocycles. The topological polar surface area (TPSA) is 0 Å². The second-order valence-electron chi connectivity index (χ2n) is 5.28. The van der Waals surface area contributed by atoms with Crippen molar-refractivity contribution < 1.29 is 0 Å². The van der Waals surface area contributed by atoms with Crippen molar-refractivity contribution in [3.05, 3.63) is 65.2 Å². The third-order valence-corrected chi connectivity index (χ3v) is 3.69. The quantitative estimate of drug-likeness (QED) is 0.602. The number of hydrogen-bond donors (Lipinski definition) is 0. The van der Waals surface area contributed by atoms with Gasteiger partial charge in [0.05, 0.1) is 0 Å². The lowest BCUT2D eigenvalue weighted by atomic mass is 9.86. The van der Waals surface area contributed by atoms with Gasteiger partial charge in [-0.15, -0.1) is 0 Å². The molecule has 0 radical (unpaired) electrons. The molecule has 0 saturated heterocycles. The summed E-state index contributed by atoms with van der Waals surface area (Å²) in [5.41, 5.74) is 6.86. The van der Waals surface area contributed by atoms with E-state index in [1.165, 1.54) is 27.8 Å². The van der Waals surface area contributed by atoms with E-state index in [0.717, 1.165) is 6.42 Å². The maximum Gasteiger partial charge on any atom is -0.0109 e. The third-order valence-electron chi connectivity index (χ3n) is 3.69. The maximum atomic E-state index is 2.32. The smallest absolute Gasteiger partial charge is 0.0109 e. The molecule has 0 heteroatoms. The van der Waals surface area contributed by atoms with Crippen LogP contribution in [-0.4, -0.2) is 0 Å². The van der Waals surface area contributed by atoms with Crippen LogP contribution >= 0.6 is 0 Å². The van der Waals surface area contributed by atoms with Gasteiger partial charge in [-0.05, 0) is 41.5 Å². The van der Waals surface area contributed by atoms with Crippen LogP contribution in [0.2, 0.25) is 0 Å². The van der Waals surface area contributed by atoms with E-state index >= 15 is 0 Å². The van der Waals surface area contributed by atoms with Crippen molar-refractivity contribution in [2.45, 2.75) is 34.1 Å². The van der Waals surface area contributed by atoms with Gasteiger partial charge in [-0.2, -0.15) is 0 Å². The first-order valence-electron chi connectivity index (χ1n) is 7.61. The molecule has 2 aromatic carbocycles. The number of fused-ring (bicyclic) bond motifs is 1. The predicted octanol–water partition coefficient (Wildman–Crippen LogP) is 5.89. The normalized spacial score (nSPS) is 16.1. The van der Waals surface area contributed by atoms with E-state index in [1.807, 2.05) is 13.8 Å². The minimum atomic E-state index is 0.658. The summed E-state index contributed by atoms with van der Waals surface area (Å²) >= 11 is 0. The molecule has 0 heterocycles. The molecule has 1 aliphatic rings. The van der Waals surface area contributed by atoms with Gasteiger partial charge in [-0.3, -0.25) is 0 Å². The van der Waals surface area contributed by atoms with E-state index in [1.54, 1.807) is 0 Å². The number of allylic oxidation sites excluding steroid dienone is 1. The van der Waals surface area contributed by atoms with Crippen LogP contribution in [0, 0.1) is 12.8 Å². The first-order valence-corrected chi connectivity index (χ1v) is 7.61. The molecule has 0 aliphatic heterocycles.